The normalized spacial score (nSPS) is 21.4. The van der Waals surface area contributed by atoms with E-state index in [1.165, 1.54) is 4.90 Å². The number of rotatable bonds is 3. The van der Waals surface area contributed by atoms with Crippen LogP contribution in [0.25, 0.3) is 0 Å². The van der Waals surface area contributed by atoms with E-state index in [4.69, 9.17) is 5.11 Å². The number of benzene rings is 1. The third-order valence-electron chi connectivity index (χ3n) is 3.80. The Bertz CT molecular complexity index is 592. The quantitative estimate of drug-likeness (QED) is 0.677. The SMILES string of the molecule is CC1C(=O)N(Cc2cccc(C#CCCO)c2)C(=O)C1C. The fourth-order valence-corrected chi connectivity index (χ4v) is 2.33. The average molecular weight is 285 g/mol. The molecule has 1 saturated heterocycles. The second-order valence-corrected chi connectivity index (χ2v) is 5.32. The highest BCUT2D eigenvalue weighted by Gasteiger charge is 2.41. The Labute approximate surface area is 124 Å². The van der Waals surface area contributed by atoms with Crippen molar-refractivity contribution in [3.05, 3.63) is 35.4 Å². The minimum Gasteiger partial charge on any atom is -0.395 e. The van der Waals surface area contributed by atoms with Gasteiger partial charge in [-0.25, -0.2) is 0 Å². The minimum absolute atomic E-state index is 0.0409. The van der Waals surface area contributed by atoms with Crippen LogP contribution in [-0.2, 0) is 16.1 Å². The Morgan fingerprint density at radius 1 is 1.19 bits per heavy atom. The first-order valence-electron chi connectivity index (χ1n) is 7.08. The monoisotopic (exact) mass is 285 g/mol. The summed E-state index contributed by atoms with van der Waals surface area (Å²) in [6.07, 6.45) is 0.433. The predicted molar refractivity (Wildman–Crippen MR) is 78.9 cm³/mol. The molecule has 1 aliphatic rings. The van der Waals surface area contributed by atoms with Gasteiger partial charge in [-0.1, -0.05) is 37.8 Å². The van der Waals surface area contributed by atoms with E-state index in [9.17, 15) is 9.59 Å². The van der Waals surface area contributed by atoms with Crippen LogP contribution in [0.2, 0.25) is 0 Å². The second-order valence-electron chi connectivity index (χ2n) is 5.32. The summed E-state index contributed by atoms with van der Waals surface area (Å²) in [5, 5.41) is 8.71. The molecule has 0 saturated carbocycles. The van der Waals surface area contributed by atoms with Gasteiger partial charge in [0.15, 0.2) is 0 Å². The highest BCUT2D eigenvalue weighted by Crippen LogP contribution is 2.26. The maximum absolute atomic E-state index is 12.1. The molecule has 1 fully saturated rings. The van der Waals surface area contributed by atoms with Crippen LogP contribution in [-0.4, -0.2) is 28.4 Å². The number of carbonyl (C=O) groups excluding carboxylic acids is 2. The van der Waals surface area contributed by atoms with Crippen LogP contribution in [0.3, 0.4) is 0 Å². The zero-order chi connectivity index (χ0) is 15.4. The van der Waals surface area contributed by atoms with E-state index in [0.29, 0.717) is 13.0 Å². The molecule has 1 N–H and O–H groups in total. The van der Waals surface area contributed by atoms with Crippen molar-refractivity contribution in [2.45, 2.75) is 26.8 Å². The molecule has 0 aromatic heterocycles. The molecule has 1 heterocycles. The number of amides is 2. The lowest BCUT2D eigenvalue weighted by Gasteiger charge is -2.14. The van der Waals surface area contributed by atoms with Gasteiger partial charge in [0.25, 0.3) is 0 Å². The lowest BCUT2D eigenvalue weighted by molar-refractivity contribution is -0.140. The number of likely N-dealkylation sites (tertiary alicyclic amines) is 1. The van der Waals surface area contributed by atoms with Crippen LogP contribution in [0, 0.1) is 23.7 Å². The number of aliphatic hydroxyl groups is 1. The molecule has 4 nitrogen and oxygen atoms in total. The number of aliphatic hydroxyl groups excluding tert-OH is 1. The third kappa shape index (κ3) is 3.32. The number of imide groups is 1. The summed E-state index contributed by atoms with van der Waals surface area (Å²) >= 11 is 0. The predicted octanol–water partition coefficient (Wildman–Crippen LogP) is 1.56. The maximum atomic E-state index is 12.1. The van der Waals surface area contributed by atoms with Crippen LogP contribution >= 0.6 is 0 Å². The Hall–Kier alpha value is -2.12. The molecule has 2 rings (SSSR count). The molecule has 0 aliphatic carbocycles. The smallest absolute Gasteiger partial charge is 0.233 e. The topological polar surface area (TPSA) is 57.6 Å². The van der Waals surface area contributed by atoms with Crippen molar-refractivity contribution in [3.63, 3.8) is 0 Å². The lowest BCUT2D eigenvalue weighted by atomic mass is 10.00. The van der Waals surface area contributed by atoms with Crippen LogP contribution in [0.1, 0.15) is 31.4 Å². The largest absolute Gasteiger partial charge is 0.395 e. The van der Waals surface area contributed by atoms with Gasteiger partial charge in [-0.15, -0.1) is 0 Å². The summed E-state index contributed by atoms with van der Waals surface area (Å²) in [6, 6.07) is 7.48. The molecule has 4 heteroatoms. The van der Waals surface area contributed by atoms with Crippen molar-refractivity contribution in [3.8, 4) is 11.8 Å². The molecule has 2 unspecified atom stereocenters. The molecule has 0 bridgehead atoms. The van der Waals surface area contributed by atoms with Gasteiger partial charge in [-0.2, -0.15) is 0 Å². The Balaban J connectivity index is 2.14. The van der Waals surface area contributed by atoms with Crippen LogP contribution in [0.4, 0.5) is 0 Å². The molecule has 1 aromatic rings. The second kappa shape index (κ2) is 6.55. The Morgan fingerprint density at radius 2 is 1.86 bits per heavy atom. The van der Waals surface area contributed by atoms with Gasteiger partial charge in [-0.3, -0.25) is 14.5 Å². The van der Waals surface area contributed by atoms with Gasteiger partial charge in [-0.05, 0) is 17.7 Å². The van der Waals surface area contributed by atoms with E-state index < -0.39 is 0 Å². The highest BCUT2D eigenvalue weighted by atomic mass is 16.2. The first-order chi connectivity index (χ1) is 10.0. The van der Waals surface area contributed by atoms with Crippen LogP contribution in [0.15, 0.2) is 24.3 Å². The molecule has 0 radical (unpaired) electrons. The van der Waals surface area contributed by atoms with E-state index in [1.807, 2.05) is 24.3 Å². The van der Waals surface area contributed by atoms with E-state index in [2.05, 4.69) is 11.8 Å². The minimum atomic E-state index is -0.245. The van der Waals surface area contributed by atoms with Gasteiger partial charge in [0.1, 0.15) is 0 Å². The van der Waals surface area contributed by atoms with E-state index >= 15 is 0 Å². The molecular weight excluding hydrogens is 266 g/mol. The van der Waals surface area contributed by atoms with Crippen molar-refractivity contribution in [2.75, 3.05) is 6.61 Å². The van der Waals surface area contributed by atoms with Crippen molar-refractivity contribution < 1.29 is 14.7 Å². The summed E-state index contributed by atoms with van der Waals surface area (Å²) in [4.78, 5) is 25.5. The highest BCUT2D eigenvalue weighted by molar-refractivity contribution is 6.04. The average Bonchev–Trinajstić information content (AvgIpc) is 2.66. The lowest BCUT2D eigenvalue weighted by Crippen LogP contribution is -2.30. The molecule has 1 aliphatic heterocycles. The molecule has 0 spiro atoms. The number of carbonyl (C=O) groups is 2. The van der Waals surface area contributed by atoms with Crippen LogP contribution in [0.5, 0.6) is 0 Å². The van der Waals surface area contributed by atoms with E-state index in [-0.39, 0.29) is 30.3 Å². The summed E-state index contributed by atoms with van der Waals surface area (Å²) in [5.41, 5.74) is 1.70. The van der Waals surface area contributed by atoms with Gasteiger partial charge in [0.2, 0.25) is 11.8 Å². The molecule has 110 valence electrons. The first kappa shape index (κ1) is 15.3. The number of nitrogens with zero attached hydrogens (tertiary/aromatic N) is 1. The summed E-state index contributed by atoms with van der Waals surface area (Å²) < 4.78 is 0. The van der Waals surface area contributed by atoms with Gasteiger partial charge in [0.05, 0.1) is 13.2 Å². The summed E-state index contributed by atoms with van der Waals surface area (Å²) in [5.74, 6) is 5.10. The van der Waals surface area contributed by atoms with Gasteiger partial charge >= 0.3 is 0 Å². The standard InChI is InChI=1S/C17H19NO3/c1-12-13(2)17(21)18(16(12)20)11-15-8-5-7-14(10-15)6-3-4-9-19/h5,7-8,10,12-13,19H,4,9,11H2,1-2H3. The zero-order valence-corrected chi connectivity index (χ0v) is 12.3. The molecule has 1 aromatic carbocycles. The van der Waals surface area contributed by atoms with Gasteiger partial charge in [0, 0.05) is 23.8 Å². The summed E-state index contributed by atoms with van der Waals surface area (Å²) in [6.45, 7) is 3.92. The number of hydrogen-bond donors (Lipinski definition) is 1. The van der Waals surface area contributed by atoms with Crippen molar-refractivity contribution >= 4 is 11.8 Å². The first-order valence-corrected chi connectivity index (χ1v) is 7.08. The van der Waals surface area contributed by atoms with Crippen LogP contribution < -0.4 is 0 Å². The third-order valence-corrected chi connectivity index (χ3v) is 3.80. The van der Waals surface area contributed by atoms with Crippen molar-refractivity contribution in [2.24, 2.45) is 11.8 Å². The number of hydrogen-bond acceptors (Lipinski definition) is 3. The maximum Gasteiger partial charge on any atom is 0.233 e. The van der Waals surface area contributed by atoms with Crippen molar-refractivity contribution in [1.82, 2.24) is 4.90 Å². The van der Waals surface area contributed by atoms with Crippen molar-refractivity contribution in [1.29, 1.82) is 0 Å². The van der Waals surface area contributed by atoms with E-state index in [1.54, 1.807) is 13.8 Å². The Kier molecular flexibility index (Phi) is 4.77. The fourth-order valence-electron chi connectivity index (χ4n) is 2.33. The summed E-state index contributed by atoms with van der Waals surface area (Å²) in [7, 11) is 0. The fraction of sp³-hybridized carbons (Fsp3) is 0.412. The Morgan fingerprint density at radius 3 is 2.48 bits per heavy atom. The molecule has 2 amide bonds. The van der Waals surface area contributed by atoms with E-state index in [0.717, 1.165) is 11.1 Å². The molecular formula is C17H19NO3. The molecule has 2 atom stereocenters. The molecule has 21 heavy (non-hydrogen) atoms. The zero-order valence-electron chi connectivity index (χ0n) is 12.3. The van der Waals surface area contributed by atoms with Gasteiger partial charge < -0.3 is 5.11 Å².